The summed E-state index contributed by atoms with van der Waals surface area (Å²) in [4.78, 5) is 29.5. The van der Waals surface area contributed by atoms with Crippen molar-refractivity contribution in [2.45, 2.75) is 6.18 Å². The molecule has 0 spiro atoms. The Labute approximate surface area is 173 Å². The van der Waals surface area contributed by atoms with Crippen LogP contribution in [0, 0.1) is 0 Å². The molecule has 0 bridgehead atoms. The maximum absolute atomic E-state index is 12.9. The van der Waals surface area contributed by atoms with Crippen LogP contribution in [0.25, 0.3) is 22.4 Å². The van der Waals surface area contributed by atoms with Gasteiger partial charge in [-0.15, -0.1) is 0 Å². The number of benzene rings is 2. The Balaban J connectivity index is 1.58. The Morgan fingerprint density at radius 3 is 2.39 bits per heavy atom. The fourth-order valence-corrected chi connectivity index (χ4v) is 3.00. The van der Waals surface area contributed by atoms with E-state index >= 15 is 0 Å². The number of carbonyl (C=O) groups excluding carboxylic acids is 2. The first-order chi connectivity index (χ1) is 14.8. The second kappa shape index (κ2) is 7.94. The van der Waals surface area contributed by atoms with Gasteiger partial charge in [0.1, 0.15) is 5.69 Å². The average molecular weight is 425 g/mol. The third-order valence-electron chi connectivity index (χ3n) is 4.48. The molecule has 31 heavy (non-hydrogen) atoms. The van der Waals surface area contributed by atoms with E-state index in [1.165, 1.54) is 18.4 Å². The molecular weight excluding hydrogens is 411 g/mol. The Hall–Kier alpha value is -4.14. The van der Waals surface area contributed by atoms with E-state index in [0.717, 1.165) is 12.1 Å². The molecule has 156 valence electrons. The van der Waals surface area contributed by atoms with Crippen LogP contribution in [0.15, 0.2) is 77.4 Å². The van der Waals surface area contributed by atoms with Gasteiger partial charge in [0, 0.05) is 10.9 Å². The van der Waals surface area contributed by atoms with Gasteiger partial charge in [0.15, 0.2) is 5.76 Å². The van der Waals surface area contributed by atoms with Crippen LogP contribution in [0.3, 0.4) is 0 Å². The highest BCUT2D eigenvalue weighted by atomic mass is 19.4. The molecule has 0 saturated heterocycles. The number of halogens is 3. The molecule has 0 radical (unpaired) electrons. The number of rotatable bonds is 3. The quantitative estimate of drug-likeness (QED) is 0.471. The average Bonchev–Trinajstić information content (AvgIpc) is 3.31. The van der Waals surface area contributed by atoms with Gasteiger partial charge in [-0.3, -0.25) is 20.4 Å². The minimum absolute atomic E-state index is 0.210. The molecule has 0 fully saturated rings. The first-order valence-electron chi connectivity index (χ1n) is 9.04. The molecule has 2 N–H and O–H groups in total. The molecule has 0 aliphatic carbocycles. The number of hydrazine groups is 1. The molecule has 4 aromatic rings. The molecule has 6 nitrogen and oxygen atoms in total. The van der Waals surface area contributed by atoms with Crippen LogP contribution in [-0.4, -0.2) is 16.8 Å². The maximum atomic E-state index is 12.9. The van der Waals surface area contributed by atoms with Gasteiger partial charge in [0.05, 0.1) is 22.9 Å². The van der Waals surface area contributed by atoms with Crippen LogP contribution in [0.1, 0.15) is 26.3 Å². The minimum atomic E-state index is -4.59. The Morgan fingerprint density at radius 2 is 1.65 bits per heavy atom. The number of aromatic nitrogens is 1. The smallest absolute Gasteiger partial charge is 0.416 e. The third-order valence-corrected chi connectivity index (χ3v) is 4.48. The van der Waals surface area contributed by atoms with Gasteiger partial charge in [-0.2, -0.15) is 13.2 Å². The van der Waals surface area contributed by atoms with Gasteiger partial charge >= 0.3 is 6.18 Å². The highest BCUT2D eigenvalue weighted by Crippen LogP contribution is 2.29. The van der Waals surface area contributed by atoms with Crippen LogP contribution < -0.4 is 10.9 Å². The molecule has 2 aromatic carbocycles. The zero-order valence-corrected chi connectivity index (χ0v) is 15.7. The third kappa shape index (κ3) is 4.25. The second-order valence-electron chi connectivity index (χ2n) is 6.54. The molecule has 4 rings (SSSR count). The van der Waals surface area contributed by atoms with Crippen molar-refractivity contribution in [3.05, 3.63) is 89.7 Å². The molecule has 2 amide bonds. The van der Waals surface area contributed by atoms with Gasteiger partial charge in [-0.25, -0.2) is 4.98 Å². The fraction of sp³-hybridized carbons (Fsp3) is 0.0455. The lowest BCUT2D eigenvalue weighted by Gasteiger charge is -2.12. The molecule has 0 unspecified atom stereocenters. The van der Waals surface area contributed by atoms with E-state index in [2.05, 4.69) is 15.8 Å². The Kier molecular flexibility index (Phi) is 5.16. The number of amides is 2. The number of carbonyl (C=O) groups is 2. The van der Waals surface area contributed by atoms with Crippen LogP contribution in [-0.2, 0) is 6.18 Å². The zero-order chi connectivity index (χ0) is 22.0. The number of fused-ring (bicyclic) bond motifs is 1. The summed E-state index contributed by atoms with van der Waals surface area (Å²) >= 11 is 0. The fourth-order valence-electron chi connectivity index (χ4n) is 3.00. The topological polar surface area (TPSA) is 84.2 Å². The number of hydrogen-bond donors (Lipinski definition) is 2. The first-order valence-corrected chi connectivity index (χ1v) is 9.04. The van der Waals surface area contributed by atoms with E-state index in [-0.39, 0.29) is 11.1 Å². The van der Waals surface area contributed by atoms with E-state index in [0.29, 0.717) is 28.4 Å². The van der Waals surface area contributed by atoms with Crippen molar-refractivity contribution in [3.63, 3.8) is 0 Å². The highest BCUT2D eigenvalue weighted by Gasteiger charge is 2.31. The second-order valence-corrected chi connectivity index (χ2v) is 6.54. The normalized spacial score (nSPS) is 11.3. The Morgan fingerprint density at radius 1 is 0.871 bits per heavy atom. The summed E-state index contributed by atoms with van der Waals surface area (Å²) in [6.45, 7) is 0. The molecule has 0 atom stereocenters. The summed E-state index contributed by atoms with van der Waals surface area (Å²) in [5, 5.41) is 0.531. The van der Waals surface area contributed by atoms with E-state index in [4.69, 9.17) is 4.42 Å². The summed E-state index contributed by atoms with van der Waals surface area (Å²) in [5.74, 6) is -1.09. The minimum Gasteiger partial charge on any atom is -0.463 e. The number of nitrogens with one attached hydrogen (secondary N) is 2. The van der Waals surface area contributed by atoms with Crippen molar-refractivity contribution in [1.82, 2.24) is 15.8 Å². The number of para-hydroxylation sites is 1. The van der Waals surface area contributed by atoms with Crippen LogP contribution in [0.5, 0.6) is 0 Å². The molecule has 2 aromatic heterocycles. The predicted octanol–water partition coefficient (Wildman–Crippen LogP) is 4.59. The molecule has 9 heteroatoms. The summed E-state index contributed by atoms with van der Waals surface area (Å²) < 4.78 is 43.9. The van der Waals surface area contributed by atoms with E-state index in [9.17, 15) is 22.8 Å². The first kappa shape index (κ1) is 20.1. The molecule has 2 heterocycles. The molecular formula is C22H14F3N3O3. The summed E-state index contributed by atoms with van der Waals surface area (Å²) in [7, 11) is 0. The number of nitrogens with zero attached hydrogens (tertiary/aromatic N) is 1. The van der Waals surface area contributed by atoms with Gasteiger partial charge in [0.25, 0.3) is 11.8 Å². The van der Waals surface area contributed by atoms with Crippen molar-refractivity contribution in [2.24, 2.45) is 0 Å². The number of furan rings is 1. The van der Waals surface area contributed by atoms with Crippen LogP contribution in [0.2, 0.25) is 0 Å². The van der Waals surface area contributed by atoms with Gasteiger partial charge in [-0.05, 0) is 42.5 Å². The highest BCUT2D eigenvalue weighted by molar-refractivity contribution is 6.08. The summed E-state index contributed by atoms with van der Waals surface area (Å²) in [6.07, 6.45) is -3.11. The molecule has 0 aliphatic heterocycles. The molecule has 0 aliphatic rings. The molecule has 0 saturated carbocycles. The maximum Gasteiger partial charge on any atom is 0.416 e. The predicted molar refractivity (Wildman–Crippen MR) is 106 cm³/mol. The SMILES string of the molecule is O=C(NNC(=O)c1cc(-c2ccco2)nc2ccccc12)c1cccc(C(F)(F)F)c1. The summed E-state index contributed by atoms with van der Waals surface area (Å²) in [6, 6.07) is 15.7. The van der Waals surface area contributed by atoms with Crippen molar-refractivity contribution < 1.29 is 27.2 Å². The van der Waals surface area contributed by atoms with Crippen LogP contribution >= 0.6 is 0 Å². The number of pyridine rings is 1. The van der Waals surface area contributed by atoms with E-state index in [1.54, 1.807) is 36.4 Å². The standard InChI is InChI=1S/C22H14F3N3O3/c23-22(24,25)14-6-3-5-13(11-14)20(29)27-28-21(30)16-12-18(19-9-4-10-31-19)26-17-8-2-1-7-15(16)17/h1-12H,(H,27,29)(H,28,30). The Bertz CT molecular complexity index is 1270. The largest absolute Gasteiger partial charge is 0.463 e. The number of hydrogen-bond acceptors (Lipinski definition) is 4. The lowest BCUT2D eigenvalue weighted by Crippen LogP contribution is -2.41. The number of alkyl halides is 3. The van der Waals surface area contributed by atoms with Crippen molar-refractivity contribution in [1.29, 1.82) is 0 Å². The van der Waals surface area contributed by atoms with Crippen molar-refractivity contribution in [3.8, 4) is 11.5 Å². The van der Waals surface area contributed by atoms with E-state index < -0.39 is 23.6 Å². The van der Waals surface area contributed by atoms with Gasteiger partial charge in [-0.1, -0.05) is 24.3 Å². The summed E-state index contributed by atoms with van der Waals surface area (Å²) in [5.41, 5.74) is 4.34. The zero-order valence-electron chi connectivity index (χ0n) is 15.7. The monoisotopic (exact) mass is 425 g/mol. The van der Waals surface area contributed by atoms with Crippen LogP contribution in [0.4, 0.5) is 13.2 Å². The van der Waals surface area contributed by atoms with Crippen molar-refractivity contribution >= 4 is 22.7 Å². The van der Waals surface area contributed by atoms with Gasteiger partial charge < -0.3 is 4.42 Å². The van der Waals surface area contributed by atoms with Gasteiger partial charge in [0.2, 0.25) is 0 Å². The lowest BCUT2D eigenvalue weighted by atomic mass is 10.1. The lowest BCUT2D eigenvalue weighted by molar-refractivity contribution is -0.137. The van der Waals surface area contributed by atoms with Crippen molar-refractivity contribution in [2.75, 3.05) is 0 Å². The van der Waals surface area contributed by atoms with E-state index in [1.807, 2.05) is 0 Å².